The Labute approximate surface area is 389 Å². The van der Waals surface area contributed by atoms with Gasteiger partial charge in [-0.2, -0.15) is 0 Å². The molecule has 0 N–H and O–H groups in total. The van der Waals surface area contributed by atoms with Gasteiger partial charge < -0.3 is 9.80 Å². The van der Waals surface area contributed by atoms with Crippen LogP contribution in [0.1, 0.15) is 22.3 Å². The van der Waals surface area contributed by atoms with E-state index in [-0.39, 0.29) is 0 Å². The van der Waals surface area contributed by atoms with Crippen LogP contribution in [0.4, 0.5) is 34.1 Å². The molecule has 1 atom stereocenters. The second-order valence-corrected chi connectivity index (χ2v) is 18.3. The van der Waals surface area contributed by atoms with Gasteiger partial charge in [0.05, 0.1) is 5.41 Å². The molecule has 0 fully saturated rings. The summed E-state index contributed by atoms with van der Waals surface area (Å²) < 4.78 is 1.32. The summed E-state index contributed by atoms with van der Waals surface area (Å²) >= 11 is 1.93. The minimum absolute atomic E-state index is 0.531. The number of anilines is 6. The first-order valence-corrected chi connectivity index (χ1v) is 23.5. The van der Waals surface area contributed by atoms with Gasteiger partial charge in [0, 0.05) is 43.7 Å². The SMILES string of the molecule is c1ccc(-c2ccc(N(c3ccccc3)c3ccc(-c4ccc5c(c4)C4(c6ccccc6-5)c5cc(N(c6ccccc6)c6ccccc6)ccc5-c5sc6ccccc6c54)cc3)cc2)cc1. The number of rotatable bonds is 8. The fraction of sp³-hybridized carbons (Fsp3) is 0.0159. The Morgan fingerprint density at radius 3 is 1.35 bits per heavy atom. The van der Waals surface area contributed by atoms with E-state index in [1.54, 1.807) is 0 Å². The molecule has 2 aliphatic rings. The second kappa shape index (κ2) is 15.5. The van der Waals surface area contributed by atoms with Crippen molar-refractivity contribution in [2.45, 2.75) is 5.41 Å². The Morgan fingerprint density at radius 1 is 0.288 bits per heavy atom. The molecule has 0 saturated heterocycles. The molecule has 1 spiro atoms. The number of thiophene rings is 1. The highest BCUT2D eigenvalue weighted by molar-refractivity contribution is 7.22. The molecule has 1 aromatic heterocycles. The van der Waals surface area contributed by atoms with Crippen LogP contribution in [0.5, 0.6) is 0 Å². The monoisotopic (exact) mass is 858 g/mol. The molecule has 0 aliphatic heterocycles. The number of hydrogen-bond donors (Lipinski definition) is 0. The van der Waals surface area contributed by atoms with Crippen LogP contribution in [0, 0.1) is 0 Å². The first-order valence-electron chi connectivity index (χ1n) is 22.7. The molecule has 2 aliphatic carbocycles. The van der Waals surface area contributed by atoms with E-state index in [0.717, 1.165) is 34.1 Å². The number of benzene rings is 10. The van der Waals surface area contributed by atoms with Crippen molar-refractivity contribution in [2.75, 3.05) is 9.80 Å². The van der Waals surface area contributed by atoms with E-state index in [9.17, 15) is 0 Å². The maximum Gasteiger partial charge on any atom is 0.0741 e. The molecule has 0 radical (unpaired) electrons. The van der Waals surface area contributed by atoms with Crippen LogP contribution in [0.25, 0.3) is 53.9 Å². The van der Waals surface area contributed by atoms with E-state index in [4.69, 9.17) is 0 Å². The highest BCUT2D eigenvalue weighted by atomic mass is 32.1. The van der Waals surface area contributed by atoms with Crippen molar-refractivity contribution in [3.8, 4) is 43.8 Å². The van der Waals surface area contributed by atoms with E-state index in [1.807, 2.05) is 11.3 Å². The smallest absolute Gasteiger partial charge is 0.0741 e. The van der Waals surface area contributed by atoms with Gasteiger partial charge in [0.1, 0.15) is 0 Å². The van der Waals surface area contributed by atoms with Crippen molar-refractivity contribution in [3.05, 3.63) is 277 Å². The van der Waals surface area contributed by atoms with Crippen LogP contribution < -0.4 is 9.80 Å². The Morgan fingerprint density at radius 2 is 0.712 bits per heavy atom. The van der Waals surface area contributed by atoms with Crippen LogP contribution in [0.2, 0.25) is 0 Å². The molecule has 0 saturated carbocycles. The lowest BCUT2D eigenvalue weighted by molar-refractivity contribution is 0.803. The van der Waals surface area contributed by atoms with Gasteiger partial charge in [-0.1, -0.05) is 170 Å². The van der Waals surface area contributed by atoms with Crippen molar-refractivity contribution in [1.82, 2.24) is 0 Å². The summed E-state index contributed by atoms with van der Waals surface area (Å²) in [5.74, 6) is 0. The summed E-state index contributed by atoms with van der Waals surface area (Å²) in [6.07, 6.45) is 0. The normalized spacial score (nSPS) is 14.1. The minimum atomic E-state index is -0.531. The fourth-order valence-corrected chi connectivity index (χ4v) is 12.1. The fourth-order valence-electron chi connectivity index (χ4n) is 10.8. The lowest BCUT2D eigenvalue weighted by atomic mass is 9.69. The highest BCUT2D eigenvalue weighted by Gasteiger charge is 2.53. The van der Waals surface area contributed by atoms with Crippen molar-refractivity contribution in [2.24, 2.45) is 0 Å². The summed E-state index contributed by atoms with van der Waals surface area (Å²) in [6.45, 7) is 0. The van der Waals surface area contributed by atoms with Gasteiger partial charge in [0.25, 0.3) is 0 Å². The number of fused-ring (bicyclic) bond motifs is 12. The van der Waals surface area contributed by atoms with Crippen molar-refractivity contribution in [3.63, 3.8) is 0 Å². The van der Waals surface area contributed by atoms with Gasteiger partial charge in [-0.3, -0.25) is 0 Å². The topological polar surface area (TPSA) is 6.48 Å². The molecular formula is C63H42N2S. The van der Waals surface area contributed by atoms with Crippen LogP contribution in [-0.2, 0) is 5.41 Å². The molecule has 66 heavy (non-hydrogen) atoms. The standard InChI is InChI=1S/C63H42N2S/c1-5-17-43(18-6-1)44-29-34-50(35-30-44)64(47-19-7-2-8-20-47)51-36-31-45(32-37-51)46-33-39-54-53-25-13-15-27-57(53)63(58(54)41-46)59-42-52(65(48-21-9-3-10-22-48)49-23-11-4-12-24-49)38-40-55(59)62-61(63)56-26-14-16-28-60(56)66-62/h1-42H. The second-order valence-electron chi connectivity index (χ2n) is 17.2. The van der Waals surface area contributed by atoms with E-state index in [0.29, 0.717) is 0 Å². The van der Waals surface area contributed by atoms with E-state index >= 15 is 0 Å². The molecule has 10 aromatic carbocycles. The maximum absolute atomic E-state index is 2.51. The minimum Gasteiger partial charge on any atom is -0.311 e. The predicted octanol–water partition coefficient (Wildman–Crippen LogP) is 17.5. The lowest BCUT2D eigenvalue weighted by Crippen LogP contribution is -2.26. The third-order valence-electron chi connectivity index (χ3n) is 13.7. The maximum atomic E-state index is 2.51. The lowest BCUT2D eigenvalue weighted by Gasteiger charge is -2.32. The molecule has 1 heterocycles. The van der Waals surface area contributed by atoms with E-state index in [1.165, 1.54) is 76.2 Å². The van der Waals surface area contributed by atoms with Crippen molar-refractivity contribution < 1.29 is 0 Å². The average molecular weight is 859 g/mol. The molecule has 0 bridgehead atoms. The summed E-state index contributed by atoms with van der Waals surface area (Å²) in [4.78, 5) is 6.10. The summed E-state index contributed by atoms with van der Waals surface area (Å²) in [6, 6.07) is 93.4. The third-order valence-corrected chi connectivity index (χ3v) is 14.9. The van der Waals surface area contributed by atoms with Gasteiger partial charge >= 0.3 is 0 Å². The molecule has 310 valence electrons. The summed E-state index contributed by atoms with van der Waals surface area (Å²) in [7, 11) is 0. The Hall–Kier alpha value is -8.24. The van der Waals surface area contributed by atoms with Gasteiger partial charge in [0.2, 0.25) is 0 Å². The average Bonchev–Trinajstić information content (AvgIpc) is 4.01. The predicted molar refractivity (Wildman–Crippen MR) is 278 cm³/mol. The largest absolute Gasteiger partial charge is 0.311 e. The zero-order valence-corrected chi connectivity index (χ0v) is 36.9. The Bertz CT molecular complexity index is 3520. The van der Waals surface area contributed by atoms with E-state index < -0.39 is 5.41 Å². The molecule has 1 unspecified atom stereocenters. The summed E-state index contributed by atoms with van der Waals surface area (Å²) in [5.41, 5.74) is 20.3. The van der Waals surface area contributed by atoms with Crippen molar-refractivity contribution >= 4 is 55.5 Å². The van der Waals surface area contributed by atoms with Crippen LogP contribution in [-0.4, -0.2) is 0 Å². The number of para-hydroxylation sites is 3. The number of hydrogen-bond acceptors (Lipinski definition) is 3. The Kier molecular flexibility index (Phi) is 8.97. The van der Waals surface area contributed by atoms with Gasteiger partial charge in [-0.25, -0.2) is 0 Å². The van der Waals surface area contributed by atoms with Crippen LogP contribution in [0.3, 0.4) is 0 Å². The molecule has 2 nitrogen and oxygen atoms in total. The summed E-state index contributed by atoms with van der Waals surface area (Å²) in [5, 5.41) is 1.33. The Balaban J connectivity index is 0.975. The molecule has 13 rings (SSSR count). The van der Waals surface area contributed by atoms with Gasteiger partial charge in [-0.05, 0) is 152 Å². The molecule has 11 aromatic rings. The van der Waals surface area contributed by atoms with Crippen molar-refractivity contribution in [1.29, 1.82) is 0 Å². The van der Waals surface area contributed by atoms with E-state index in [2.05, 4.69) is 265 Å². The van der Waals surface area contributed by atoms with Gasteiger partial charge in [-0.15, -0.1) is 11.3 Å². The van der Waals surface area contributed by atoms with Crippen LogP contribution >= 0.6 is 11.3 Å². The first kappa shape index (κ1) is 38.2. The third kappa shape index (κ3) is 5.94. The quantitative estimate of drug-likeness (QED) is 0.150. The number of nitrogens with zero attached hydrogens (tertiary/aromatic N) is 2. The highest BCUT2D eigenvalue weighted by Crippen LogP contribution is 2.66. The zero-order chi connectivity index (χ0) is 43.6. The molecule has 0 amide bonds. The van der Waals surface area contributed by atoms with Crippen LogP contribution in [0.15, 0.2) is 255 Å². The van der Waals surface area contributed by atoms with Gasteiger partial charge in [0.15, 0.2) is 0 Å². The molecule has 3 heteroatoms. The zero-order valence-electron chi connectivity index (χ0n) is 36.1. The molecular weight excluding hydrogens is 817 g/mol. The first-order chi connectivity index (χ1) is 32.7.